The minimum Gasteiger partial charge on any atom is -0.356 e. The van der Waals surface area contributed by atoms with Crippen LogP contribution in [0, 0.1) is 11.3 Å². The number of likely N-dealkylation sites (tertiary alicyclic amines) is 1. The van der Waals surface area contributed by atoms with Crippen molar-refractivity contribution in [2.45, 2.75) is 82.9 Å². The fourth-order valence-corrected chi connectivity index (χ4v) is 4.18. The van der Waals surface area contributed by atoms with Gasteiger partial charge >= 0.3 is 6.36 Å². The van der Waals surface area contributed by atoms with Gasteiger partial charge in [-0.3, -0.25) is 23.9 Å². The first-order valence-corrected chi connectivity index (χ1v) is 10.3. The molecule has 3 aliphatic rings. The molecular formula is C22H32F3N3O5. The molecule has 0 radical (unpaired) electrons. The quantitative estimate of drug-likeness (QED) is 0.465. The smallest absolute Gasteiger partial charge is 0.356 e. The van der Waals surface area contributed by atoms with Crippen LogP contribution in [0.3, 0.4) is 0 Å². The van der Waals surface area contributed by atoms with Crippen LogP contribution in [0.25, 0.3) is 0 Å². The molecular weight excluding hydrogens is 443 g/mol. The Morgan fingerprint density at radius 3 is 2.73 bits per heavy atom. The summed E-state index contributed by atoms with van der Waals surface area (Å²) >= 11 is 0. The second-order valence-electron chi connectivity index (χ2n) is 8.43. The Labute approximate surface area is 206 Å². The van der Waals surface area contributed by atoms with E-state index in [-0.39, 0.29) is 25.9 Å². The topological polar surface area (TPSA) is 105 Å². The monoisotopic (exact) mass is 486 g/mol. The summed E-state index contributed by atoms with van der Waals surface area (Å²) in [6, 6.07) is -3.31. The molecule has 1 aliphatic carbocycles. The third kappa shape index (κ3) is 6.91. The van der Waals surface area contributed by atoms with Gasteiger partial charge in [-0.15, -0.1) is 13.2 Å². The highest BCUT2D eigenvalue weighted by Crippen LogP contribution is 2.55. The van der Waals surface area contributed by atoms with E-state index >= 15 is 0 Å². The Hall–Kier alpha value is -2.17. The summed E-state index contributed by atoms with van der Waals surface area (Å²) < 4.78 is 128. The van der Waals surface area contributed by atoms with Gasteiger partial charge in [0, 0.05) is 40.5 Å². The summed E-state index contributed by atoms with van der Waals surface area (Å²) in [6.07, 6.45) is -20.8. The molecule has 33 heavy (non-hydrogen) atoms. The molecule has 186 valence electrons. The molecule has 0 aromatic rings. The minimum absolute atomic E-state index is 0.128. The molecule has 1 spiro atoms. The number of hydrogen-bond donors (Lipinski definition) is 2. The van der Waals surface area contributed by atoms with Crippen LogP contribution >= 0.6 is 0 Å². The highest BCUT2D eigenvalue weighted by atomic mass is 19.4. The average molecular weight is 487 g/mol. The number of carbonyl (C=O) groups excluding carboxylic acids is 4. The van der Waals surface area contributed by atoms with Crippen LogP contribution < -0.4 is 10.6 Å². The maximum absolute atomic E-state index is 13.6. The third-order valence-corrected chi connectivity index (χ3v) is 6.09. The van der Waals surface area contributed by atoms with E-state index < -0.39 is 98.7 Å². The van der Waals surface area contributed by atoms with Crippen molar-refractivity contribution in [3.8, 4) is 0 Å². The molecule has 8 nitrogen and oxygen atoms in total. The summed E-state index contributed by atoms with van der Waals surface area (Å²) in [7, 11) is 0. The first-order valence-electron chi connectivity index (χ1n) is 15.8. The number of nitrogens with one attached hydrogen (secondary N) is 2. The Kier molecular flexibility index (Phi) is 4.50. The van der Waals surface area contributed by atoms with Crippen molar-refractivity contribution in [2.75, 3.05) is 19.7 Å². The molecule has 0 aromatic heterocycles. The lowest BCUT2D eigenvalue weighted by Gasteiger charge is -2.27. The zero-order valence-electron chi connectivity index (χ0n) is 28.5. The summed E-state index contributed by atoms with van der Waals surface area (Å²) in [5.74, 6) is -5.55. The van der Waals surface area contributed by atoms with Gasteiger partial charge in [0.2, 0.25) is 17.7 Å². The van der Waals surface area contributed by atoms with Gasteiger partial charge < -0.3 is 15.5 Å². The van der Waals surface area contributed by atoms with E-state index in [0.717, 1.165) is 0 Å². The largest absolute Gasteiger partial charge is 0.522 e. The molecule has 0 unspecified atom stereocenters. The second kappa shape index (κ2) is 10.4. The predicted molar refractivity (Wildman–Crippen MR) is 111 cm³/mol. The number of hydrogen-bond acceptors (Lipinski definition) is 5. The highest BCUT2D eigenvalue weighted by molar-refractivity contribution is 5.94. The van der Waals surface area contributed by atoms with Crippen LogP contribution in [-0.4, -0.2) is 66.5 Å². The van der Waals surface area contributed by atoms with E-state index in [2.05, 4.69) is 15.4 Å². The van der Waals surface area contributed by atoms with Gasteiger partial charge in [0.1, 0.15) is 12.6 Å². The molecule has 3 atom stereocenters. The Bertz CT molecular complexity index is 1180. The molecule has 2 N–H and O–H groups in total. The lowest BCUT2D eigenvalue weighted by Crippen LogP contribution is -2.52. The van der Waals surface area contributed by atoms with Crippen LogP contribution in [0.2, 0.25) is 0 Å². The van der Waals surface area contributed by atoms with Gasteiger partial charge in [-0.25, -0.2) is 0 Å². The van der Waals surface area contributed by atoms with Crippen LogP contribution in [0.1, 0.15) is 79.5 Å². The van der Waals surface area contributed by atoms with Gasteiger partial charge in [-0.2, -0.15) is 0 Å². The van der Waals surface area contributed by atoms with E-state index in [1.54, 1.807) is 0 Å². The SMILES string of the molecule is [2H]C([2H])([2H])C([2H])([2H])C([2H])([2H])C([2H])([2H])C([2H])([2H])C(=O)N1CC2(CC2)C[C@H]1C(=O)N[C@@H](C[C@@H]1CCNC1=O)C(=O)COC(F)(F)F. The molecule has 11 heteroatoms. The summed E-state index contributed by atoms with van der Waals surface area (Å²) in [5, 5.41) is 4.71. The first-order chi connectivity index (χ1) is 19.7. The van der Waals surface area contributed by atoms with Gasteiger partial charge in [0.25, 0.3) is 0 Å². The Morgan fingerprint density at radius 2 is 2.12 bits per heavy atom. The van der Waals surface area contributed by atoms with Crippen molar-refractivity contribution >= 4 is 23.5 Å². The van der Waals surface area contributed by atoms with Crippen molar-refractivity contribution in [1.82, 2.24) is 15.5 Å². The summed E-state index contributed by atoms with van der Waals surface area (Å²) in [5.41, 5.74) is -0.725. The number of nitrogens with zero attached hydrogens (tertiary/aromatic N) is 1. The normalized spacial score (nSPS) is 31.7. The van der Waals surface area contributed by atoms with Crippen molar-refractivity contribution in [3.05, 3.63) is 0 Å². The van der Waals surface area contributed by atoms with Crippen molar-refractivity contribution in [1.29, 1.82) is 0 Å². The number of carbonyl (C=O) groups is 4. The molecule has 2 aliphatic heterocycles. The van der Waals surface area contributed by atoms with Crippen molar-refractivity contribution in [2.24, 2.45) is 11.3 Å². The lowest BCUT2D eigenvalue weighted by atomic mass is 9.95. The number of ether oxygens (including phenoxy) is 1. The summed E-state index contributed by atoms with van der Waals surface area (Å²) in [6.45, 7) is -5.39. The highest BCUT2D eigenvalue weighted by Gasteiger charge is 2.55. The molecule has 2 saturated heterocycles. The Morgan fingerprint density at radius 1 is 1.36 bits per heavy atom. The number of ketones is 1. The molecule has 3 fully saturated rings. The zero-order valence-corrected chi connectivity index (χ0v) is 17.5. The number of halogens is 3. The fourth-order valence-electron chi connectivity index (χ4n) is 4.18. The summed E-state index contributed by atoms with van der Waals surface area (Å²) in [4.78, 5) is 52.4. The molecule has 0 aromatic carbocycles. The minimum atomic E-state index is -5.19. The molecule has 3 amide bonds. The van der Waals surface area contributed by atoms with E-state index in [0.29, 0.717) is 17.7 Å². The Balaban J connectivity index is 1.90. The molecule has 1 saturated carbocycles. The fraction of sp³-hybridized carbons (Fsp3) is 0.818. The second-order valence-corrected chi connectivity index (χ2v) is 8.43. The lowest BCUT2D eigenvalue weighted by molar-refractivity contribution is -0.321. The van der Waals surface area contributed by atoms with Crippen molar-refractivity contribution in [3.63, 3.8) is 0 Å². The average Bonchev–Trinajstić information content (AvgIpc) is 3.34. The van der Waals surface area contributed by atoms with Crippen LogP contribution in [0.15, 0.2) is 0 Å². The van der Waals surface area contributed by atoms with E-state index in [9.17, 15) is 32.3 Å². The van der Waals surface area contributed by atoms with Crippen molar-refractivity contribution < 1.29 is 52.2 Å². The van der Waals surface area contributed by atoms with E-state index in [1.165, 1.54) is 0 Å². The third-order valence-electron chi connectivity index (χ3n) is 6.09. The maximum atomic E-state index is 13.6. The van der Waals surface area contributed by atoms with E-state index in [1.807, 2.05) is 0 Å². The molecule has 3 rings (SSSR count). The van der Waals surface area contributed by atoms with Crippen LogP contribution in [-0.2, 0) is 23.9 Å². The van der Waals surface area contributed by atoms with Gasteiger partial charge in [-0.05, 0) is 43.9 Å². The van der Waals surface area contributed by atoms with Crippen LogP contribution in [0.5, 0.6) is 0 Å². The number of rotatable bonds is 11. The number of Topliss-reactive ketones (excluding diaryl/α,β-unsaturated/α-hetero) is 1. The molecule has 0 bridgehead atoms. The van der Waals surface area contributed by atoms with Gasteiger partial charge in [-0.1, -0.05) is 19.6 Å². The van der Waals surface area contributed by atoms with E-state index in [4.69, 9.17) is 15.1 Å². The molecule has 2 heterocycles. The zero-order chi connectivity index (χ0) is 33.9. The predicted octanol–water partition coefficient (Wildman–Crippen LogP) is 2.06. The number of alkyl halides is 3. The first kappa shape index (κ1) is 14.3. The van der Waals surface area contributed by atoms with Gasteiger partial charge in [0.15, 0.2) is 5.78 Å². The van der Waals surface area contributed by atoms with Gasteiger partial charge in [0.05, 0.1) is 6.04 Å². The number of amides is 3. The maximum Gasteiger partial charge on any atom is 0.522 e. The standard InChI is InChI=1S/C22H32F3N3O5/c1-2-3-4-5-18(30)28-13-21(7-8-21)11-16(28)20(32)27-15(10-14-6-9-26-19(14)31)17(29)12-33-22(23,24)25/h14-16H,2-13H2,1H3,(H,26,31)(H,27,32)/t14-,15-,16-/m0/s1/i1D3,2D2,3D2,4D2,5D2. The van der Waals surface area contributed by atoms with Crippen LogP contribution in [0.4, 0.5) is 13.2 Å².